The van der Waals surface area contributed by atoms with Crippen molar-refractivity contribution >= 4 is 5.97 Å². The van der Waals surface area contributed by atoms with Gasteiger partial charge in [0.25, 0.3) is 0 Å². The molecule has 0 heterocycles. The number of carboxylic acid groups (broad SMARTS) is 1. The van der Waals surface area contributed by atoms with Crippen LogP contribution in [0.4, 0.5) is 0 Å². The van der Waals surface area contributed by atoms with Crippen LogP contribution in [0.1, 0.15) is 26.2 Å². The summed E-state index contributed by atoms with van der Waals surface area (Å²) in [6.45, 7) is 1.95. The molecular weight excluding hydrogens is 128 g/mol. The molecule has 0 spiro atoms. The van der Waals surface area contributed by atoms with Crippen LogP contribution >= 0.6 is 0 Å². The van der Waals surface area contributed by atoms with Gasteiger partial charge in [-0.25, -0.2) is 0 Å². The molecule has 2 nitrogen and oxygen atoms in total. The van der Waals surface area contributed by atoms with Crippen LogP contribution in [0.2, 0.25) is 0 Å². The number of terminal acetylenes is 1. The summed E-state index contributed by atoms with van der Waals surface area (Å²) in [4.78, 5) is 10.4. The van der Waals surface area contributed by atoms with Crippen LogP contribution in [0.5, 0.6) is 0 Å². The van der Waals surface area contributed by atoms with Crippen molar-refractivity contribution in [1.29, 1.82) is 0 Å². The second kappa shape index (κ2) is 4.87. The predicted molar refractivity (Wildman–Crippen MR) is 39.5 cm³/mol. The molecule has 0 fully saturated rings. The van der Waals surface area contributed by atoms with Gasteiger partial charge < -0.3 is 5.11 Å². The topological polar surface area (TPSA) is 37.3 Å². The van der Waals surface area contributed by atoms with E-state index >= 15 is 0 Å². The van der Waals surface area contributed by atoms with E-state index in [4.69, 9.17) is 11.5 Å². The molecule has 0 aliphatic rings. The van der Waals surface area contributed by atoms with Crippen LogP contribution in [0.15, 0.2) is 0 Å². The van der Waals surface area contributed by atoms with Gasteiger partial charge in [-0.05, 0) is 6.42 Å². The first-order valence-electron chi connectivity index (χ1n) is 3.38. The van der Waals surface area contributed by atoms with Crippen LogP contribution in [-0.2, 0) is 4.79 Å². The summed E-state index contributed by atoms with van der Waals surface area (Å²) in [6, 6.07) is 0. The Bertz CT molecular complexity index is 144. The number of hydrogen-bond donors (Lipinski definition) is 1. The van der Waals surface area contributed by atoms with E-state index in [1.54, 1.807) is 0 Å². The van der Waals surface area contributed by atoms with Gasteiger partial charge in [0.2, 0.25) is 0 Å². The van der Waals surface area contributed by atoms with Crippen LogP contribution < -0.4 is 0 Å². The Morgan fingerprint density at radius 1 is 1.80 bits per heavy atom. The number of rotatable bonds is 4. The summed E-state index contributed by atoms with van der Waals surface area (Å²) in [6.07, 6.45) is 6.89. The molecule has 0 saturated carbocycles. The third-order valence-corrected chi connectivity index (χ3v) is 1.35. The van der Waals surface area contributed by atoms with E-state index in [1.165, 1.54) is 0 Å². The number of hydrogen-bond acceptors (Lipinski definition) is 1. The Morgan fingerprint density at radius 2 is 2.40 bits per heavy atom. The molecule has 10 heavy (non-hydrogen) atoms. The lowest BCUT2D eigenvalue weighted by atomic mass is 10.0. The lowest BCUT2D eigenvalue weighted by molar-refractivity contribution is -0.141. The standard InChI is InChI=1S/C8H12O2/c1-3-5-7(6-4-2)8(9)10/h1,7H,4-6H2,2H3,(H,9,10)/t7-/m0/s1. The van der Waals surface area contributed by atoms with Crippen molar-refractivity contribution in [2.24, 2.45) is 5.92 Å². The fourth-order valence-corrected chi connectivity index (χ4v) is 0.804. The zero-order chi connectivity index (χ0) is 7.98. The quantitative estimate of drug-likeness (QED) is 0.601. The summed E-state index contributed by atoms with van der Waals surface area (Å²) < 4.78 is 0. The highest BCUT2D eigenvalue weighted by molar-refractivity contribution is 5.70. The normalized spacial score (nSPS) is 12.0. The van der Waals surface area contributed by atoms with Gasteiger partial charge in [0, 0.05) is 6.42 Å². The minimum absolute atomic E-state index is 0.338. The second-order valence-corrected chi connectivity index (χ2v) is 2.23. The molecule has 2 heteroatoms. The third-order valence-electron chi connectivity index (χ3n) is 1.35. The maximum atomic E-state index is 10.4. The van der Waals surface area contributed by atoms with Crippen molar-refractivity contribution in [3.63, 3.8) is 0 Å². The van der Waals surface area contributed by atoms with Crippen LogP contribution in [0.25, 0.3) is 0 Å². The largest absolute Gasteiger partial charge is 0.481 e. The molecule has 0 amide bonds. The first-order chi connectivity index (χ1) is 4.72. The Hall–Kier alpha value is -0.970. The molecular formula is C8H12O2. The predicted octanol–water partition coefficient (Wildman–Crippen LogP) is 1.51. The SMILES string of the molecule is C#CC[C@@H](CCC)C(=O)O. The zero-order valence-corrected chi connectivity index (χ0v) is 6.13. The summed E-state index contributed by atoms with van der Waals surface area (Å²) in [5.74, 6) is 1.24. The van der Waals surface area contributed by atoms with Gasteiger partial charge in [-0.15, -0.1) is 12.3 Å². The third kappa shape index (κ3) is 3.13. The maximum absolute atomic E-state index is 10.4. The monoisotopic (exact) mass is 140 g/mol. The van der Waals surface area contributed by atoms with Gasteiger partial charge in [-0.1, -0.05) is 13.3 Å². The molecule has 0 rings (SSSR count). The van der Waals surface area contributed by atoms with Crippen molar-refractivity contribution in [3.8, 4) is 12.3 Å². The van der Waals surface area contributed by atoms with E-state index in [-0.39, 0.29) is 5.92 Å². The molecule has 0 saturated heterocycles. The smallest absolute Gasteiger partial charge is 0.307 e. The second-order valence-electron chi connectivity index (χ2n) is 2.23. The maximum Gasteiger partial charge on any atom is 0.307 e. The van der Waals surface area contributed by atoms with Crippen LogP contribution in [0.3, 0.4) is 0 Å². The van der Waals surface area contributed by atoms with Crippen LogP contribution in [-0.4, -0.2) is 11.1 Å². The molecule has 56 valence electrons. The van der Waals surface area contributed by atoms with Crippen molar-refractivity contribution in [1.82, 2.24) is 0 Å². The molecule has 1 atom stereocenters. The van der Waals surface area contributed by atoms with E-state index in [2.05, 4.69) is 5.92 Å². The van der Waals surface area contributed by atoms with E-state index in [0.717, 1.165) is 6.42 Å². The molecule has 0 radical (unpaired) electrons. The molecule has 0 aromatic heterocycles. The molecule has 0 bridgehead atoms. The van der Waals surface area contributed by atoms with Crippen molar-refractivity contribution < 1.29 is 9.90 Å². The fraction of sp³-hybridized carbons (Fsp3) is 0.625. The number of aliphatic carboxylic acids is 1. The first-order valence-corrected chi connectivity index (χ1v) is 3.38. The summed E-state index contributed by atoms with van der Waals surface area (Å²) in [5.41, 5.74) is 0. The highest BCUT2D eigenvalue weighted by atomic mass is 16.4. The number of carbonyl (C=O) groups is 1. The summed E-state index contributed by atoms with van der Waals surface area (Å²) in [7, 11) is 0. The molecule has 1 N–H and O–H groups in total. The number of carboxylic acids is 1. The van der Waals surface area contributed by atoms with Gasteiger partial charge in [-0.3, -0.25) is 4.79 Å². The lowest BCUT2D eigenvalue weighted by Crippen LogP contribution is -2.12. The van der Waals surface area contributed by atoms with E-state index in [1.807, 2.05) is 6.92 Å². The van der Waals surface area contributed by atoms with Gasteiger partial charge >= 0.3 is 5.97 Å². The van der Waals surface area contributed by atoms with Crippen molar-refractivity contribution in [2.75, 3.05) is 0 Å². The Balaban J connectivity index is 3.75. The molecule has 0 unspecified atom stereocenters. The lowest BCUT2D eigenvalue weighted by Gasteiger charge is -2.04. The molecule has 0 aromatic carbocycles. The average Bonchev–Trinajstić information content (AvgIpc) is 1.87. The summed E-state index contributed by atoms with van der Waals surface area (Å²) in [5, 5.41) is 8.54. The average molecular weight is 140 g/mol. The molecule has 0 aliphatic heterocycles. The Kier molecular flexibility index (Phi) is 4.39. The zero-order valence-electron chi connectivity index (χ0n) is 6.13. The van der Waals surface area contributed by atoms with E-state index in [0.29, 0.717) is 12.8 Å². The van der Waals surface area contributed by atoms with Gasteiger partial charge in [-0.2, -0.15) is 0 Å². The molecule has 0 aromatic rings. The Morgan fingerprint density at radius 3 is 2.70 bits per heavy atom. The highest BCUT2D eigenvalue weighted by Gasteiger charge is 2.13. The Labute approximate surface area is 61.2 Å². The minimum atomic E-state index is -0.778. The molecule has 0 aliphatic carbocycles. The minimum Gasteiger partial charge on any atom is -0.481 e. The van der Waals surface area contributed by atoms with Gasteiger partial charge in [0.15, 0.2) is 0 Å². The fourth-order valence-electron chi connectivity index (χ4n) is 0.804. The van der Waals surface area contributed by atoms with Crippen LogP contribution in [0, 0.1) is 18.3 Å². The van der Waals surface area contributed by atoms with Gasteiger partial charge in [0.05, 0.1) is 5.92 Å². The van der Waals surface area contributed by atoms with Crippen molar-refractivity contribution in [3.05, 3.63) is 0 Å². The van der Waals surface area contributed by atoms with Gasteiger partial charge in [0.1, 0.15) is 0 Å². The van der Waals surface area contributed by atoms with E-state index in [9.17, 15) is 4.79 Å². The van der Waals surface area contributed by atoms with E-state index < -0.39 is 5.97 Å². The summed E-state index contributed by atoms with van der Waals surface area (Å²) >= 11 is 0. The highest BCUT2D eigenvalue weighted by Crippen LogP contribution is 2.09. The first kappa shape index (κ1) is 9.03. The van der Waals surface area contributed by atoms with Crippen molar-refractivity contribution in [2.45, 2.75) is 26.2 Å².